The van der Waals surface area contributed by atoms with Crippen molar-refractivity contribution >= 4 is 34.8 Å². The molecule has 0 fully saturated rings. The Kier molecular flexibility index (Phi) is 15.7. The van der Waals surface area contributed by atoms with Crippen LogP contribution in [-0.2, 0) is 17.8 Å². The quantitative estimate of drug-likeness (QED) is 0.0982. The zero-order valence-corrected chi connectivity index (χ0v) is 32.3. The summed E-state index contributed by atoms with van der Waals surface area (Å²) < 4.78 is 2.25. The Morgan fingerprint density at radius 2 is 1.76 bits per heavy atom. The molecule has 1 aromatic carbocycles. The summed E-state index contributed by atoms with van der Waals surface area (Å²) in [6.07, 6.45) is 14.4. The van der Waals surface area contributed by atoms with Gasteiger partial charge in [0.05, 0.1) is 16.3 Å². The molecule has 0 saturated heterocycles. The number of carbonyl (C=O) groups is 2. The van der Waals surface area contributed by atoms with Crippen LogP contribution in [0.4, 0.5) is 0 Å². The number of Topliss-reactive ketones (excluding diaryl/α,β-unsaturated/α-hetero) is 2. The van der Waals surface area contributed by atoms with Gasteiger partial charge in [0.15, 0.2) is 5.78 Å². The van der Waals surface area contributed by atoms with Crippen LogP contribution in [0.15, 0.2) is 66.5 Å². The third kappa shape index (κ3) is 10.3. The highest BCUT2D eigenvalue weighted by Crippen LogP contribution is 2.33. The van der Waals surface area contributed by atoms with Gasteiger partial charge in [-0.1, -0.05) is 108 Å². The molecule has 0 spiro atoms. The van der Waals surface area contributed by atoms with E-state index in [0.717, 1.165) is 76.9 Å². The number of nitriles is 1. The lowest BCUT2D eigenvalue weighted by molar-refractivity contribution is -0.119. The first kappa shape index (κ1) is 40.4. The number of pyridine rings is 1. The zero-order valence-electron chi connectivity index (χ0n) is 31.5. The standard InChI is InChI=1S/C44H56ClN3O2/c1-10-14-30(7)23-40(43-41(45)25-34(26-46)27-47-43)39-21-22-48(42(39)16-12-3)28-33-17-19-38(35(13-4)24-33)44(50)32(9)31(8)37(29(5)6)20-18-36(49)15-11-2/h16-17,19,21-25,27,31-32,37H,5,10-15,18,20,28H2,1-4,6-9H3/b30-23+,40-39+,42-16+. The molecule has 2 aromatic heterocycles. The first-order valence-corrected chi connectivity index (χ1v) is 18.7. The summed E-state index contributed by atoms with van der Waals surface area (Å²) in [5.41, 5.74) is 7.23. The molecule has 0 radical (unpaired) electrons. The first-order valence-electron chi connectivity index (χ1n) is 18.4. The lowest BCUT2D eigenvalue weighted by atomic mass is 9.74. The fraction of sp³-hybridized carbons (Fsp3) is 0.455. The molecule has 0 aliphatic heterocycles. The van der Waals surface area contributed by atoms with Crippen molar-refractivity contribution in [3.8, 4) is 6.07 Å². The van der Waals surface area contributed by atoms with Crippen molar-refractivity contribution in [1.82, 2.24) is 9.55 Å². The molecule has 0 amide bonds. The van der Waals surface area contributed by atoms with Crippen molar-refractivity contribution in [2.75, 3.05) is 0 Å². The average molecular weight is 694 g/mol. The second-order valence-corrected chi connectivity index (χ2v) is 14.2. The molecule has 0 bridgehead atoms. The smallest absolute Gasteiger partial charge is 0.166 e. The minimum absolute atomic E-state index is 0.0730. The fourth-order valence-corrected chi connectivity index (χ4v) is 7.21. The summed E-state index contributed by atoms with van der Waals surface area (Å²) in [4.78, 5) is 31.0. The molecule has 3 atom stereocenters. The molecule has 266 valence electrons. The molecular weight excluding hydrogens is 638 g/mol. The molecule has 0 N–H and O–H groups in total. The Morgan fingerprint density at radius 3 is 2.36 bits per heavy atom. The van der Waals surface area contributed by atoms with Crippen LogP contribution in [-0.4, -0.2) is 21.1 Å². The monoisotopic (exact) mass is 693 g/mol. The number of allylic oxidation sites excluding steroid dienone is 3. The number of aryl methyl sites for hydroxylation is 1. The van der Waals surface area contributed by atoms with Crippen LogP contribution in [0, 0.1) is 29.1 Å². The van der Waals surface area contributed by atoms with E-state index in [1.807, 2.05) is 26.8 Å². The van der Waals surface area contributed by atoms with Gasteiger partial charge in [-0.05, 0) is 81.0 Å². The fourth-order valence-electron chi connectivity index (χ4n) is 6.94. The molecule has 0 aliphatic carbocycles. The van der Waals surface area contributed by atoms with E-state index in [9.17, 15) is 14.9 Å². The lowest BCUT2D eigenvalue weighted by Gasteiger charge is -2.29. The van der Waals surface area contributed by atoms with Crippen LogP contribution >= 0.6 is 11.6 Å². The third-order valence-corrected chi connectivity index (χ3v) is 10.1. The molecule has 2 heterocycles. The summed E-state index contributed by atoms with van der Waals surface area (Å²) in [6.45, 7) is 21.6. The van der Waals surface area contributed by atoms with Gasteiger partial charge in [0.2, 0.25) is 0 Å². The lowest BCUT2D eigenvalue weighted by Crippen LogP contribution is -2.31. The van der Waals surface area contributed by atoms with E-state index < -0.39 is 0 Å². The van der Waals surface area contributed by atoms with Gasteiger partial charge in [-0.25, -0.2) is 0 Å². The van der Waals surface area contributed by atoms with Crippen molar-refractivity contribution < 1.29 is 9.59 Å². The predicted octanol–water partition coefficient (Wildman–Crippen LogP) is 9.95. The topological polar surface area (TPSA) is 75.8 Å². The predicted molar refractivity (Wildman–Crippen MR) is 209 cm³/mol. The Labute approximate surface area is 305 Å². The second-order valence-electron chi connectivity index (χ2n) is 13.8. The number of hydrogen-bond acceptors (Lipinski definition) is 4. The SMILES string of the molecule is C=C(C)C(CCC(=O)CCC)C(C)C(C)C(=O)c1ccc(Cn2ccc(=C(/C=C(\C)CCC)c3ncc(C#N)cc3Cl)/c2=C\CC)cc1CC. The van der Waals surface area contributed by atoms with E-state index in [2.05, 4.69) is 93.4 Å². The Bertz CT molecular complexity index is 1870. The summed E-state index contributed by atoms with van der Waals surface area (Å²) >= 11 is 6.74. The Hall–Kier alpha value is -4.01. The maximum absolute atomic E-state index is 14.0. The summed E-state index contributed by atoms with van der Waals surface area (Å²) in [7, 11) is 0. The van der Waals surface area contributed by atoms with Gasteiger partial charge < -0.3 is 4.57 Å². The van der Waals surface area contributed by atoms with Crippen molar-refractivity contribution in [2.45, 2.75) is 113 Å². The highest BCUT2D eigenvalue weighted by molar-refractivity contribution is 6.32. The molecule has 5 nitrogen and oxygen atoms in total. The normalized spacial score (nSPS) is 14.6. The van der Waals surface area contributed by atoms with E-state index in [-0.39, 0.29) is 29.3 Å². The molecule has 0 saturated carbocycles. The van der Waals surface area contributed by atoms with Gasteiger partial charge >= 0.3 is 0 Å². The molecule has 3 unspecified atom stereocenters. The highest BCUT2D eigenvalue weighted by Gasteiger charge is 2.30. The second kappa shape index (κ2) is 19.4. The van der Waals surface area contributed by atoms with Gasteiger partial charge in [0, 0.05) is 59.4 Å². The number of benzene rings is 1. The van der Waals surface area contributed by atoms with Crippen LogP contribution in [0.1, 0.15) is 133 Å². The van der Waals surface area contributed by atoms with Crippen molar-refractivity contribution in [2.24, 2.45) is 17.8 Å². The van der Waals surface area contributed by atoms with E-state index in [4.69, 9.17) is 11.6 Å². The van der Waals surface area contributed by atoms with Gasteiger partial charge in [-0.2, -0.15) is 5.26 Å². The number of hydrogen-bond donors (Lipinski definition) is 0. The van der Waals surface area contributed by atoms with E-state index in [1.165, 1.54) is 5.57 Å². The molecular formula is C44H56ClN3O2. The van der Waals surface area contributed by atoms with Crippen molar-refractivity contribution in [1.29, 1.82) is 5.26 Å². The number of rotatable bonds is 18. The maximum atomic E-state index is 14.0. The number of halogens is 1. The summed E-state index contributed by atoms with van der Waals surface area (Å²) in [5, 5.41) is 12.0. The van der Waals surface area contributed by atoms with Crippen LogP contribution in [0.25, 0.3) is 11.6 Å². The van der Waals surface area contributed by atoms with Crippen LogP contribution in [0.3, 0.4) is 0 Å². The third-order valence-electron chi connectivity index (χ3n) is 9.86. The average Bonchev–Trinajstić information content (AvgIpc) is 3.48. The number of ketones is 2. The van der Waals surface area contributed by atoms with Crippen LogP contribution < -0.4 is 10.6 Å². The Balaban J connectivity index is 2.03. The number of nitrogens with zero attached hydrogens (tertiary/aromatic N) is 3. The van der Waals surface area contributed by atoms with E-state index >= 15 is 0 Å². The molecule has 6 heteroatoms. The Morgan fingerprint density at radius 1 is 1.04 bits per heavy atom. The van der Waals surface area contributed by atoms with Gasteiger partial charge in [0.1, 0.15) is 11.9 Å². The molecule has 3 rings (SSSR count). The van der Waals surface area contributed by atoms with Gasteiger partial charge in [-0.15, -0.1) is 0 Å². The van der Waals surface area contributed by atoms with E-state index in [1.54, 1.807) is 12.3 Å². The molecule has 3 aromatic rings. The van der Waals surface area contributed by atoms with E-state index in [0.29, 0.717) is 35.7 Å². The first-order chi connectivity index (χ1) is 23.9. The number of carbonyl (C=O) groups excluding carboxylic acids is 2. The summed E-state index contributed by atoms with van der Waals surface area (Å²) in [6, 6.07) is 12.2. The highest BCUT2D eigenvalue weighted by atomic mass is 35.5. The van der Waals surface area contributed by atoms with Gasteiger partial charge in [0.25, 0.3) is 0 Å². The summed E-state index contributed by atoms with van der Waals surface area (Å²) in [5.74, 6) is 0.425. The van der Waals surface area contributed by atoms with Crippen molar-refractivity contribution in [3.63, 3.8) is 0 Å². The zero-order chi connectivity index (χ0) is 37.0. The minimum atomic E-state index is -0.201. The largest absolute Gasteiger partial charge is 0.343 e. The number of aromatic nitrogens is 2. The van der Waals surface area contributed by atoms with Crippen LogP contribution in [0.5, 0.6) is 0 Å². The molecule has 0 aliphatic rings. The van der Waals surface area contributed by atoms with Gasteiger partial charge in [-0.3, -0.25) is 14.6 Å². The minimum Gasteiger partial charge on any atom is -0.343 e. The van der Waals surface area contributed by atoms with Crippen molar-refractivity contribution in [3.05, 3.63) is 110 Å². The van der Waals surface area contributed by atoms with Crippen LogP contribution in [0.2, 0.25) is 5.02 Å². The maximum Gasteiger partial charge on any atom is 0.166 e. The molecule has 50 heavy (non-hydrogen) atoms.